The summed E-state index contributed by atoms with van der Waals surface area (Å²) in [7, 11) is 0. The van der Waals surface area contributed by atoms with Crippen LogP contribution in [0.3, 0.4) is 0 Å². The number of rotatable bonds is 4. The molecule has 0 atom stereocenters. The summed E-state index contributed by atoms with van der Waals surface area (Å²) >= 11 is 4.98. The highest BCUT2D eigenvalue weighted by Crippen LogP contribution is 2.25. The Hall–Kier alpha value is -1.33. The first kappa shape index (κ1) is 13.1. The Balaban J connectivity index is 2.14. The number of carboxylic acids is 1. The van der Waals surface area contributed by atoms with Crippen molar-refractivity contribution in [2.45, 2.75) is 13.5 Å². The van der Waals surface area contributed by atoms with Gasteiger partial charge in [0, 0.05) is 11.1 Å². The largest absolute Gasteiger partial charge is 0.489 e. The van der Waals surface area contributed by atoms with E-state index in [1.165, 1.54) is 0 Å². The lowest BCUT2D eigenvalue weighted by atomic mass is 10.1. The average Bonchev–Trinajstić information content (AvgIpc) is 2.73. The van der Waals surface area contributed by atoms with Gasteiger partial charge in [-0.1, -0.05) is 6.07 Å². The number of benzene rings is 1. The third-order valence-corrected chi connectivity index (χ3v) is 4.08. The molecule has 0 bridgehead atoms. The van der Waals surface area contributed by atoms with Gasteiger partial charge in [-0.2, -0.15) is 0 Å². The maximum absolute atomic E-state index is 11.0. The minimum atomic E-state index is -0.934. The SMILES string of the molecule is Cc1c(OCc2csc(Br)c2)cccc1C(=O)O. The third kappa shape index (κ3) is 2.91. The summed E-state index contributed by atoms with van der Waals surface area (Å²) in [5.41, 5.74) is 1.99. The highest BCUT2D eigenvalue weighted by Gasteiger charge is 2.11. The summed E-state index contributed by atoms with van der Waals surface area (Å²) in [6, 6.07) is 7.03. The van der Waals surface area contributed by atoms with Gasteiger partial charge < -0.3 is 9.84 Å². The molecule has 94 valence electrons. The molecule has 5 heteroatoms. The molecule has 0 spiro atoms. The maximum Gasteiger partial charge on any atom is 0.336 e. The number of carboxylic acid groups (broad SMARTS) is 1. The van der Waals surface area contributed by atoms with E-state index in [2.05, 4.69) is 15.9 Å². The highest BCUT2D eigenvalue weighted by atomic mass is 79.9. The Bertz CT molecular complexity index is 577. The number of carbonyl (C=O) groups is 1. The smallest absolute Gasteiger partial charge is 0.336 e. The lowest BCUT2D eigenvalue weighted by Crippen LogP contribution is -2.02. The summed E-state index contributed by atoms with van der Waals surface area (Å²) in [5.74, 6) is -0.326. The molecule has 2 rings (SSSR count). The van der Waals surface area contributed by atoms with Crippen LogP contribution in [0.15, 0.2) is 33.4 Å². The minimum absolute atomic E-state index is 0.277. The summed E-state index contributed by atoms with van der Waals surface area (Å²) < 4.78 is 6.70. The Kier molecular flexibility index (Phi) is 4.04. The quantitative estimate of drug-likeness (QED) is 0.920. The lowest BCUT2D eigenvalue weighted by molar-refractivity contribution is 0.0695. The van der Waals surface area contributed by atoms with Gasteiger partial charge in [0.25, 0.3) is 0 Å². The Morgan fingerprint density at radius 3 is 2.89 bits per heavy atom. The molecule has 1 heterocycles. The highest BCUT2D eigenvalue weighted by molar-refractivity contribution is 9.11. The van der Waals surface area contributed by atoms with Crippen LogP contribution in [0.5, 0.6) is 5.75 Å². The molecular formula is C13H11BrO3S. The summed E-state index contributed by atoms with van der Waals surface area (Å²) in [5, 5.41) is 11.0. The number of hydrogen-bond acceptors (Lipinski definition) is 3. The predicted octanol–water partition coefficient (Wildman–Crippen LogP) is 4.10. The monoisotopic (exact) mass is 326 g/mol. The molecule has 0 saturated carbocycles. The molecule has 18 heavy (non-hydrogen) atoms. The Morgan fingerprint density at radius 2 is 2.28 bits per heavy atom. The van der Waals surface area contributed by atoms with E-state index in [0.29, 0.717) is 17.9 Å². The fourth-order valence-electron chi connectivity index (χ4n) is 1.59. The van der Waals surface area contributed by atoms with Gasteiger partial charge in [0.05, 0.1) is 9.35 Å². The van der Waals surface area contributed by atoms with Crippen LogP contribution in [-0.2, 0) is 6.61 Å². The van der Waals surface area contributed by atoms with Gasteiger partial charge in [-0.25, -0.2) is 4.79 Å². The fourth-order valence-corrected chi connectivity index (χ4v) is 2.78. The van der Waals surface area contributed by atoms with Crippen LogP contribution in [0.4, 0.5) is 0 Å². The molecular weight excluding hydrogens is 316 g/mol. The first-order valence-electron chi connectivity index (χ1n) is 5.26. The molecule has 1 aromatic heterocycles. The Morgan fingerprint density at radius 1 is 1.50 bits per heavy atom. The van der Waals surface area contributed by atoms with Crippen molar-refractivity contribution < 1.29 is 14.6 Å². The van der Waals surface area contributed by atoms with Gasteiger partial charge >= 0.3 is 5.97 Å². The van der Waals surface area contributed by atoms with Gasteiger partial charge in [-0.15, -0.1) is 11.3 Å². The van der Waals surface area contributed by atoms with Crippen LogP contribution < -0.4 is 4.74 Å². The first-order chi connectivity index (χ1) is 8.58. The van der Waals surface area contributed by atoms with E-state index in [-0.39, 0.29) is 5.56 Å². The fraction of sp³-hybridized carbons (Fsp3) is 0.154. The number of hydrogen-bond donors (Lipinski definition) is 1. The normalized spacial score (nSPS) is 10.3. The van der Waals surface area contributed by atoms with Crippen LogP contribution in [0.1, 0.15) is 21.5 Å². The van der Waals surface area contributed by atoms with Gasteiger partial charge in [-0.3, -0.25) is 0 Å². The van der Waals surface area contributed by atoms with E-state index >= 15 is 0 Å². The minimum Gasteiger partial charge on any atom is -0.489 e. The zero-order valence-electron chi connectivity index (χ0n) is 9.64. The van der Waals surface area contributed by atoms with Crippen molar-refractivity contribution in [2.75, 3.05) is 0 Å². The van der Waals surface area contributed by atoms with Crippen molar-refractivity contribution in [1.29, 1.82) is 0 Å². The van der Waals surface area contributed by atoms with E-state index in [1.807, 2.05) is 11.4 Å². The molecule has 1 N–H and O–H groups in total. The van der Waals surface area contributed by atoms with Crippen molar-refractivity contribution in [2.24, 2.45) is 0 Å². The van der Waals surface area contributed by atoms with E-state index in [0.717, 1.165) is 9.35 Å². The number of ether oxygens (including phenoxy) is 1. The van der Waals surface area contributed by atoms with Crippen molar-refractivity contribution in [1.82, 2.24) is 0 Å². The van der Waals surface area contributed by atoms with Crippen LogP contribution in [0, 0.1) is 6.92 Å². The number of halogens is 1. The molecule has 0 aliphatic heterocycles. The second kappa shape index (κ2) is 5.54. The van der Waals surface area contributed by atoms with Crippen LogP contribution in [0.2, 0.25) is 0 Å². The van der Waals surface area contributed by atoms with Crippen molar-refractivity contribution in [3.05, 3.63) is 50.1 Å². The molecule has 0 fully saturated rings. The molecule has 0 radical (unpaired) electrons. The summed E-state index contributed by atoms with van der Waals surface area (Å²) in [6.45, 7) is 2.19. The van der Waals surface area contributed by atoms with Crippen LogP contribution >= 0.6 is 27.3 Å². The molecule has 0 amide bonds. The molecule has 0 aliphatic carbocycles. The van der Waals surface area contributed by atoms with Crippen LogP contribution in [0.25, 0.3) is 0 Å². The zero-order chi connectivity index (χ0) is 13.1. The van der Waals surface area contributed by atoms with Gasteiger partial charge in [0.15, 0.2) is 0 Å². The Labute approximate surface area is 117 Å². The molecule has 2 aromatic rings. The van der Waals surface area contributed by atoms with Crippen molar-refractivity contribution >= 4 is 33.2 Å². The first-order valence-corrected chi connectivity index (χ1v) is 6.94. The van der Waals surface area contributed by atoms with Crippen molar-refractivity contribution in [3.63, 3.8) is 0 Å². The third-order valence-electron chi connectivity index (χ3n) is 2.53. The standard InChI is InChI=1S/C13H11BrO3S/c1-8-10(13(15)16)3-2-4-11(8)17-6-9-5-12(14)18-7-9/h2-5,7H,6H2,1H3,(H,15,16). The number of thiophene rings is 1. The molecule has 0 unspecified atom stereocenters. The summed E-state index contributed by atoms with van der Waals surface area (Å²) in [6.07, 6.45) is 0. The van der Waals surface area contributed by atoms with Gasteiger partial charge in [-0.05, 0) is 46.4 Å². The molecule has 1 aromatic carbocycles. The summed E-state index contributed by atoms with van der Waals surface area (Å²) in [4.78, 5) is 11.0. The second-order valence-electron chi connectivity index (χ2n) is 3.78. The lowest BCUT2D eigenvalue weighted by Gasteiger charge is -2.10. The van der Waals surface area contributed by atoms with Gasteiger partial charge in [0.1, 0.15) is 12.4 Å². The average molecular weight is 327 g/mol. The van der Waals surface area contributed by atoms with E-state index in [1.54, 1.807) is 36.5 Å². The molecule has 3 nitrogen and oxygen atoms in total. The van der Waals surface area contributed by atoms with Crippen molar-refractivity contribution in [3.8, 4) is 5.75 Å². The van der Waals surface area contributed by atoms with E-state index < -0.39 is 5.97 Å². The second-order valence-corrected chi connectivity index (χ2v) is 6.07. The molecule has 0 aliphatic rings. The number of aromatic carboxylic acids is 1. The topological polar surface area (TPSA) is 46.5 Å². The molecule has 0 saturated heterocycles. The maximum atomic E-state index is 11.0. The predicted molar refractivity (Wildman–Crippen MR) is 74.5 cm³/mol. The zero-order valence-corrected chi connectivity index (χ0v) is 12.0. The van der Waals surface area contributed by atoms with Gasteiger partial charge in [0.2, 0.25) is 0 Å². The van der Waals surface area contributed by atoms with Crippen LogP contribution in [-0.4, -0.2) is 11.1 Å². The van der Waals surface area contributed by atoms with E-state index in [4.69, 9.17) is 9.84 Å². The van der Waals surface area contributed by atoms with E-state index in [9.17, 15) is 4.79 Å².